The second-order valence-corrected chi connectivity index (χ2v) is 3.80. The number of hydrogen-bond donors (Lipinski definition) is 2. The number of nitrogens with zero attached hydrogens (tertiary/aromatic N) is 4. The molecule has 0 bridgehead atoms. The highest BCUT2D eigenvalue weighted by atomic mass is 16.4. The van der Waals surface area contributed by atoms with E-state index in [2.05, 4.69) is 21.5 Å². The number of amidine groups is 1. The lowest BCUT2D eigenvalue weighted by atomic mass is 10.2. The second kappa shape index (κ2) is 5.89. The lowest BCUT2D eigenvalue weighted by molar-refractivity contribution is 0.317. The predicted octanol–water partition coefficient (Wildman–Crippen LogP) is 0.923. The molecule has 16 heavy (non-hydrogen) atoms. The van der Waals surface area contributed by atoms with Crippen LogP contribution in [0.5, 0.6) is 0 Å². The summed E-state index contributed by atoms with van der Waals surface area (Å²) < 4.78 is 1.76. The molecule has 0 saturated heterocycles. The molecule has 0 aromatic carbocycles. The van der Waals surface area contributed by atoms with Crippen molar-refractivity contribution in [2.45, 2.75) is 33.2 Å². The molecule has 0 amide bonds. The van der Waals surface area contributed by atoms with Gasteiger partial charge in [0, 0.05) is 19.0 Å². The normalized spacial score (nSPS) is 11.5. The first kappa shape index (κ1) is 12.2. The van der Waals surface area contributed by atoms with Crippen molar-refractivity contribution in [3.05, 3.63) is 23.5 Å². The molecule has 0 aliphatic rings. The largest absolute Gasteiger partial charge is 0.409 e. The first-order valence-electron chi connectivity index (χ1n) is 5.10. The summed E-state index contributed by atoms with van der Waals surface area (Å²) in [6.45, 7) is 4.80. The highest BCUT2D eigenvalue weighted by Crippen LogP contribution is 1.99. The van der Waals surface area contributed by atoms with Crippen molar-refractivity contribution in [2.24, 2.45) is 10.9 Å². The summed E-state index contributed by atoms with van der Waals surface area (Å²) in [4.78, 5) is 0. The van der Waals surface area contributed by atoms with Crippen LogP contribution in [0.15, 0.2) is 23.0 Å². The van der Waals surface area contributed by atoms with Gasteiger partial charge in [0.05, 0.1) is 12.2 Å². The molecule has 0 radical (unpaired) electrons. The van der Waals surface area contributed by atoms with Crippen LogP contribution in [-0.4, -0.2) is 26.0 Å². The third kappa shape index (κ3) is 4.12. The van der Waals surface area contributed by atoms with Crippen LogP contribution < -0.4 is 5.73 Å². The fourth-order valence-corrected chi connectivity index (χ4v) is 1.12. The molecular formula is C10H17N5O. The van der Waals surface area contributed by atoms with E-state index < -0.39 is 0 Å². The molecule has 0 spiro atoms. The van der Waals surface area contributed by atoms with Crippen LogP contribution in [0.3, 0.4) is 0 Å². The summed E-state index contributed by atoms with van der Waals surface area (Å²) in [5.41, 5.74) is 7.45. The van der Waals surface area contributed by atoms with Gasteiger partial charge in [0.15, 0.2) is 0 Å². The van der Waals surface area contributed by atoms with Crippen LogP contribution in [0.4, 0.5) is 0 Å². The highest BCUT2D eigenvalue weighted by Gasteiger charge is 2.01. The summed E-state index contributed by atoms with van der Waals surface area (Å²) in [6.07, 6.45) is 5.05. The van der Waals surface area contributed by atoms with Crippen molar-refractivity contribution in [2.75, 3.05) is 0 Å². The van der Waals surface area contributed by atoms with Gasteiger partial charge in [0.25, 0.3) is 0 Å². The quantitative estimate of drug-likeness (QED) is 0.255. The van der Waals surface area contributed by atoms with Crippen LogP contribution in [0.1, 0.15) is 26.0 Å². The molecule has 0 saturated carbocycles. The van der Waals surface area contributed by atoms with Gasteiger partial charge in [0.2, 0.25) is 0 Å². The fourth-order valence-electron chi connectivity index (χ4n) is 1.12. The van der Waals surface area contributed by atoms with Crippen molar-refractivity contribution in [1.29, 1.82) is 0 Å². The number of hydrogen-bond acceptors (Lipinski definition) is 4. The zero-order chi connectivity index (χ0) is 12.0. The number of nitrogens with two attached hydrogens (primary N) is 1. The first-order chi connectivity index (χ1) is 7.61. The van der Waals surface area contributed by atoms with E-state index in [9.17, 15) is 0 Å². The standard InChI is InChI=1S/C10H17N5O/c1-8(2)5-6-15-7-9(12-14-15)3-4-10(11)13-16/h5,7,16H,3-4,6H2,1-2H3,(H2,11,13). The third-order valence-corrected chi connectivity index (χ3v) is 2.04. The zero-order valence-corrected chi connectivity index (χ0v) is 9.59. The van der Waals surface area contributed by atoms with Gasteiger partial charge in [-0.25, -0.2) is 4.68 Å². The Morgan fingerprint density at radius 2 is 2.38 bits per heavy atom. The lowest BCUT2D eigenvalue weighted by Crippen LogP contribution is -2.12. The Kier molecular flexibility index (Phi) is 4.50. The third-order valence-electron chi connectivity index (χ3n) is 2.04. The number of aromatic nitrogens is 3. The maximum absolute atomic E-state index is 8.38. The minimum Gasteiger partial charge on any atom is -0.409 e. The summed E-state index contributed by atoms with van der Waals surface area (Å²) in [7, 11) is 0. The maximum atomic E-state index is 8.38. The average molecular weight is 223 g/mol. The summed E-state index contributed by atoms with van der Waals surface area (Å²) >= 11 is 0. The van der Waals surface area contributed by atoms with E-state index >= 15 is 0 Å². The second-order valence-electron chi connectivity index (χ2n) is 3.80. The molecule has 0 fully saturated rings. The van der Waals surface area contributed by atoms with Crippen molar-refractivity contribution in [3.8, 4) is 0 Å². The number of rotatable bonds is 5. The Bertz CT molecular complexity index is 390. The Labute approximate surface area is 94.4 Å². The zero-order valence-electron chi connectivity index (χ0n) is 9.59. The van der Waals surface area contributed by atoms with Gasteiger partial charge in [-0.1, -0.05) is 22.0 Å². The van der Waals surface area contributed by atoms with Gasteiger partial charge in [-0.2, -0.15) is 0 Å². The van der Waals surface area contributed by atoms with Gasteiger partial charge < -0.3 is 10.9 Å². The molecule has 3 N–H and O–H groups in total. The highest BCUT2D eigenvalue weighted by molar-refractivity contribution is 5.79. The van der Waals surface area contributed by atoms with Crippen LogP contribution in [-0.2, 0) is 13.0 Å². The van der Waals surface area contributed by atoms with Gasteiger partial charge >= 0.3 is 0 Å². The molecule has 0 aliphatic heterocycles. The predicted molar refractivity (Wildman–Crippen MR) is 61.2 cm³/mol. The monoisotopic (exact) mass is 223 g/mol. The van der Waals surface area contributed by atoms with E-state index in [-0.39, 0.29) is 5.84 Å². The van der Waals surface area contributed by atoms with E-state index in [0.717, 1.165) is 12.2 Å². The molecular weight excluding hydrogens is 206 g/mol. The molecule has 1 aromatic rings. The van der Waals surface area contributed by atoms with Crippen molar-refractivity contribution in [1.82, 2.24) is 15.0 Å². The summed E-state index contributed by atoms with van der Waals surface area (Å²) in [5.74, 6) is 0.207. The molecule has 0 unspecified atom stereocenters. The van der Waals surface area contributed by atoms with Crippen LogP contribution in [0, 0.1) is 0 Å². The van der Waals surface area contributed by atoms with E-state index in [1.165, 1.54) is 5.57 Å². The Morgan fingerprint density at radius 1 is 1.62 bits per heavy atom. The number of allylic oxidation sites excluding steroid dienone is 2. The molecule has 6 heteroatoms. The smallest absolute Gasteiger partial charge is 0.139 e. The average Bonchev–Trinajstić information content (AvgIpc) is 2.71. The van der Waals surface area contributed by atoms with Gasteiger partial charge in [-0.3, -0.25) is 0 Å². The molecule has 1 rings (SSSR count). The minimum absolute atomic E-state index is 0.207. The van der Waals surface area contributed by atoms with E-state index in [1.54, 1.807) is 4.68 Å². The van der Waals surface area contributed by atoms with Crippen LogP contribution >= 0.6 is 0 Å². The van der Waals surface area contributed by atoms with E-state index in [1.807, 2.05) is 20.0 Å². The van der Waals surface area contributed by atoms with Crippen LogP contribution in [0.2, 0.25) is 0 Å². The number of aryl methyl sites for hydroxylation is 1. The lowest BCUT2D eigenvalue weighted by Gasteiger charge is -1.95. The topological polar surface area (TPSA) is 89.3 Å². The minimum atomic E-state index is 0.207. The Balaban J connectivity index is 2.48. The fraction of sp³-hybridized carbons (Fsp3) is 0.500. The first-order valence-corrected chi connectivity index (χ1v) is 5.10. The molecule has 6 nitrogen and oxygen atoms in total. The SMILES string of the molecule is CC(C)=CCn1cc(CC/C(N)=N/O)nn1. The van der Waals surface area contributed by atoms with Crippen LogP contribution in [0.25, 0.3) is 0 Å². The molecule has 1 aromatic heterocycles. The van der Waals surface area contributed by atoms with E-state index in [4.69, 9.17) is 10.9 Å². The Morgan fingerprint density at radius 3 is 3.00 bits per heavy atom. The van der Waals surface area contributed by atoms with Crippen molar-refractivity contribution in [3.63, 3.8) is 0 Å². The number of oxime groups is 1. The van der Waals surface area contributed by atoms with Crippen molar-refractivity contribution >= 4 is 5.84 Å². The van der Waals surface area contributed by atoms with Gasteiger partial charge in [-0.15, -0.1) is 5.10 Å². The maximum Gasteiger partial charge on any atom is 0.139 e. The summed E-state index contributed by atoms with van der Waals surface area (Å²) in [5, 5.41) is 19.2. The van der Waals surface area contributed by atoms with E-state index in [0.29, 0.717) is 12.8 Å². The van der Waals surface area contributed by atoms with Gasteiger partial charge in [-0.05, 0) is 13.8 Å². The summed E-state index contributed by atoms with van der Waals surface area (Å²) in [6, 6.07) is 0. The Hall–Kier alpha value is -1.85. The van der Waals surface area contributed by atoms with Crippen molar-refractivity contribution < 1.29 is 5.21 Å². The molecule has 0 aliphatic carbocycles. The molecule has 1 heterocycles. The molecule has 88 valence electrons. The van der Waals surface area contributed by atoms with Gasteiger partial charge in [0.1, 0.15) is 5.84 Å². The molecule has 0 atom stereocenters.